The Morgan fingerprint density at radius 1 is 1.27 bits per heavy atom. The van der Waals surface area contributed by atoms with E-state index in [-0.39, 0.29) is 36.6 Å². The van der Waals surface area contributed by atoms with Crippen LogP contribution in [0, 0.1) is 23.2 Å². The molecule has 0 saturated heterocycles. The van der Waals surface area contributed by atoms with Gasteiger partial charge in [-0.05, 0) is 67.9 Å². The Hall–Kier alpha value is -1.74. The fourth-order valence-corrected chi connectivity index (χ4v) is 7.82. The van der Waals surface area contributed by atoms with Gasteiger partial charge in [0.1, 0.15) is 4.90 Å². The highest BCUT2D eigenvalue weighted by molar-refractivity contribution is 8.00. The van der Waals surface area contributed by atoms with Crippen LogP contribution >= 0.6 is 11.8 Å². The van der Waals surface area contributed by atoms with Crippen LogP contribution in [0.2, 0.25) is 0 Å². The van der Waals surface area contributed by atoms with Gasteiger partial charge in [-0.3, -0.25) is 9.59 Å². The van der Waals surface area contributed by atoms with Crippen molar-refractivity contribution >= 4 is 23.6 Å². The number of carbonyl (C=O) groups is 2. The van der Waals surface area contributed by atoms with Gasteiger partial charge in [0, 0.05) is 23.1 Å². The summed E-state index contributed by atoms with van der Waals surface area (Å²) in [6.07, 6.45) is 8.18. The first-order valence-corrected chi connectivity index (χ1v) is 13.1. The summed E-state index contributed by atoms with van der Waals surface area (Å²) in [5, 5.41) is 18.6. The van der Waals surface area contributed by atoms with Crippen LogP contribution in [-0.4, -0.2) is 45.6 Å². The largest absolute Gasteiger partial charge is 0.474 e. The van der Waals surface area contributed by atoms with Gasteiger partial charge in [0.2, 0.25) is 11.7 Å². The quantitative estimate of drug-likeness (QED) is 0.498. The average molecular weight is 478 g/mol. The third-order valence-electron chi connectivity index (χ3n) is 7.95. The van der Waals surface area contributed by atoms with Gasteiger partial charge in [0.05, 0.1) is 12.2 Å². The summed E-state index contributed by atoms with van der Waals surface area (Å²) in [6, 6.07) is 0.0693. The maximum Gasteiger partial charge on any atom is 0.291 e. The molecular formula is C24H35N3O5S. The molecule has 5 fully saturated rings. The zero-order chi connectivity index (χ0) is 23.4. The molecule has 9 heteroatoms. The van der Waals surface area contributed by atoms with Crippen molar-refractivity contribution in [3.05, 3.63) is 5.76 Å². The third-order valence-corrected chi connectivity index (χ3v) is 9.35. The van der Waals surface area contributed by atoms with Gasteiger partial charge < -0.3 is 25.4 Å². The minimum Gasteiger partial charge on any atom is -0.474 e. The normalized spacial score (nSPS) is 33.1. The molecule has 4 N–H and O–H groups in total. The van der Waals surface area contributed by atoms with E-state index in [2.05, 4.69) is 10.5 Å². The van der Waals surface area contributed by atoms with E-state index < -0.39 is 11.0 Å². The zero-order valence-corrected chi connectivity index (χ0v) is 20.3. The van der Waals surface area contributed by atoms with Crippen LogP contribution in [0.4, 0.5) is 0 Å². The van der Waals surface area contributed by atoms with Crippen molar-refractivity contribution < 1.29 is 24.0 Å². The molecule has 6 rings (SSSR count). The Kier molecular flexibility index (Phi) is 5.92. The first kappa shape index (κ1) is 23.0. The molecule has 4 bridgehead atoms. The van der Waals surface area contributed by atoms with Gasteiger partial charge in [0.25, 0.3) is 11.8 Å². The van der Waals surface area contributed by atoms with Crippen molar-refractivity contribution in [2.45, 2.75) is 93.4 Å². The Morgan fingerprint density at radius 2 is 1.97 bits per heavy atom. The van der Waals surface area contributed by atoms with E-state index in [1.165, 1.54) is 6.42 Å². The Morgan fingerprint density at radius 3 is 2.55 bits per heavy atom. The summed E-state index contributed by atoms with van der Waals surface area (Å²) in [4.78, 5) is 25.3. The second-order valence-electron chi connectivity index (χ2n) is 11.6. The Labute approximate surface area is 198 Å². The van der Waals surface area contributed by atoms with Crippen LogP contribution in [0.15, 0.2) is 9.42 Å². The van der Waals surface area contributed by atoms with Gasteiger partial charge in [-0.25, -0.2) is 0 Å². The van der Waals surface area contributed by atoms with E-state index in [1.54, 1.807) is 11.8 Å². The number of aliphatic hydroxyl groups is 1. The molecule has 0 radical (unpaired) electrons. The molecule has 5 saturated carbocycles. The molecule has 182 valence electrons. The molecule has 2 atom stereocenters. The van der Waals surface area contributed by atoms with Gasteiger partial charge in [-0.15, -0.1) is 11.8 Å². The molecule has 1 aromatic rings. The molecule has 0 aromatic carbocycles. The lowest BCUT2D eigenvalue weighted by Gasteiger charge is -2.58. The van der Waals surface area contributed by atoms with Crippen LogP contribution in [0.1, 0.15) is 82.2 Å². The summed E-state index contributed by atoms with van der Waals surface area (Å²) in [5.41, 5.74) is 4.37. The number of amides is 2. The van der Waals surface area contributed by atoms with E-state index in [9.17, 15) is 14.7 Å². The van der Waals surface area contributed by atoms with Gasteiger partial charge in [0.15, 0.2) is 0 Å². The topological polar surface area (TPSA) is 128 Å². The molecular weight excluding hydrogens is 442 g/mol. The molecule has 1 heterocycles. The predicted molar refractivity (Wildman–Crippen MR) is 123 cm³/mol. The standard InChI is InChI=1S/C24H35N3O5S/c1-23(2,11-17(25)28)12-31-22-20(33-16-4-3-5-16)19(32-27-22)21(29)26-18-14-6-13-7-15(18)10-24(30,8-13)9-14/h13-16,18,30H,3-12H2,1-2H3,(H2,25,28)(H,26,29). The highest BCUT2D eigenvalue weighted by Crippen LogP contribution is 2.55. The molecule has 33 heavy (non-hydrogen) atoms. The lowest BCUT2D eigenvalue weighted by Crippen LogP contribution is -2.61. The minimum atomic E-state index is -0.534. The van der Waals surface area contributed by atoms with E-state index in [4.69, 9.17) is 15.0 Å². The number of ether oxygens (including phenoxy) is 1. The number of hydrogen-bond acceptors (Lipinski definition) is 7. The number of aromatic nitrogens is 1. The monoisotopic (exact) mass is 477 g/mol. The Balaban J connectivity index is 1.31. The fourth-order valence-electron chi connectivity index (χ4n) is 6.48. The van der Waals surface area contributed by atoms with Crippen molar-refractivity contribution in [3.63, 3.8) is 0 Å². The molecule has 8 nitrogen and oxygen atoms in total. The summed E-state index contributed by atoms with van der Waals surface area (Å²) in [6.45, 7) is 4.06. The SMILES string of the molecule is CC(C)(COc1noc(C(=O)NC2C3CC4CC2CC(O)(C4)C3)c1SC1CCC1)CC(N)=O. The first-order chi connectivity index (χ1) is 15.6. The lowest BCUT2D eigenvalue weighted by molar-refractivity contribution is -0.137. The maximum absolute atomic E-state index is 13.3. The van der Waals surface area contributed by atoms with Crippen molar-refractivity contribution in [2.75, 3.05) is 6.61 Å². The highest BCUT2D eigenvalue weighted by Gasteiger charge is 2.55. The smallest absolute Gasteiger partial charge is 0.291 e. The molecule has 1 aromatic heterocycles. The van der Waals surface area contributed by atoms with Crippen molar-refractivity contribution in [3.8, 4) is 5.88 Å². The van der Waals surface area contributed by atoms with Crippen LogP contribution in [-0.2, 0) is 4.79 Å². The highest BCUT2D eigenvalue weighted by atomic mass is 32.2. The molecule has 5 aliphatic rings. The third kappa shape index (κ3) is 4.76. The van der Waals surface area contributed by atoms with Crippen LogP contribution in [0.5, 0.6) is 5.88 Å². The summed E-state index contributed by atoms with van der Waals surface area (Å²) < 4.78 is 11.5. The fraction of sp³-hybridized carbons (Fsp3) is 0.792. The molecule has 0 spiro atoms. The summed E-state index contributed by atoms with van der Waals surface area (Å²) in [5.74, 6) is 1.12. The van der Waals surface area contributed by atoms with Crippen LogP contribution < -0.4 is 15.8 Å². The van der Waals surface area contributed by atoms with E-state index in [0.29, 0.717) is 33.8 Å². The van der Waals surface area contributed by atoms with Gasteiger partial charge >= 0.3 is 0 Å². The number of nitrogens with zero attached hydrogens (tertiary/aromatic N) is 1. The molecule has 5 aliphatic carbocycles. The number of primary amides is 1. The maximum atomic E-state index is 13.3. The van der Waals surface area contributed by atoms with Crippen molar-refractivity contribution in [1.82, 2.24) is 10.5 Å². The first-order valence-electron chi connectivity index (χ1n) is 12.2. The minimum absolute atomic E-state index is 0.0693. The van der Waals surface area contributed by atoms with Crippen LogP contribution in [0.25, 0.3) is 0 Å². The van der Waals surface area contributed by atoms with Crippen molar-refractivity contribution in [2.24, 2.45) is 28.9 Å². The summed E-state index contributed by atoms with van der Waals surface area (Å²) in [7, 11) is 0. The number of thioether (sulfide) groups is 1. The summed E-state index contributed by atoms with van der Waals surface area (Å²) >= 11 is 1.60. The number of rotatable bonds is 9. The zero-order valence-electron chi connectivity index (χ0n) is 19.5. The molecule has 2 unspecified atom stereocenters. The molecule has 0 aliphatic heterocycles. The van der Waals surface area contributed by atoms with E-state index in [1.807, 2.05) is 13.8 Å². The second kappa shape index (κ2) is 8.48. The van der Waals surface area contributed by atoms with E-state index in [0.717, 1.165) is 44.9 Å². The average Bonchev–Trinajstić information content (AvgIpc) is 3.06. The van der Waals surface area contributed by atoms with Gasteiger partial charge in [-0.1, -0.05) is 20.3 Å². The number of nitrogens with two attached hydrogens (primary N) is 1. The number of nitrogens with one attached hydrogen (secondary N) is 1. The lowest BCUT2D eigenvalue weighted by atomic mass is 9.52. The molecule has 2 amide bonds. The second-order valence-corrected chi connectivity index (χ2v) is 12.9. The van der Waals surface area contributed by atoms with Gasteiger partial charge in [-0.2, -0.15) is 0 Å². The predicted octanol–water partition coefficient (Wildman–Crippen LogP) is 3.27. The Bertz CT molecular complexity index is 911. The number of carbonyl (C=O) groups excluding carboxylic acids is 2. The number of hydrogen-bond donors (Lipinski definition) is 3. The van der Waals surface area contributed by atoms with Crippen molar-refractivity contribution in [1.29, 1.82) is 0 Å². The van der Waals surface area contributed by atoms with E-state index >= 15 is 0 Å². The van der Waals surface area contributed by atoms with Crippen LogP contribution in [0.3, 0.4) is 0 Å².